The van der Waals surface area contributed by atoms with E-state index in [9.17, 15) is 9.90 Å². The summed E-state index contributed by atoms with van der Waals surface area (Å²) in [6.07, 6.45) is 1.30. The van der Waals surface area contributed by atoms with Crippen LogP contribution < -0.4 is 14.9 Å². The van der Waals surface area contributed by atoms with Crippen LogP contribution in [0.15, 0.2) is 39.9 Å². The van der Waals surface area contributed by atoms with Crippen LogP contribution in [-0.2, 0) is 4.79 Å². The number of amides is 1. The molecule has 9 heteroatoms. The van der Waals surface area contributed by atoms with E-state index in [4.69, 9.17) is 32.7 Å². The molecule has 0 atom stereocenters. The van der Waals surface area contributed by atoms with Gasteiger partial charge in [0.1, 0.15) is 5.75 Å². The first-order valence-corrected chi connectivity index (χ1v) is 9.00. The quantitative estimate of drug-likeness (QED) is 0.473. The zero-order valence-electron chi connectivity index (χ0n) is 13.6. The SMILES string of the molecule is CCOc1cc(Br)cc(C=NNC(=O)COc2ccc(Cl)cc2Cl)c1O. The van der Waals surface area contributed by atoms with E-state index < -0.39 is 5.91 Å². The molecule has 0 fully saturated rings. The Hall–Kier alpha value is -1.96. The topological polar surface area (TPSA) is 80.2 Å². The fourth-order valence-electron chi connectivity index (χ4n) is 1.90. The number of carbonyl (C=O) groups excluding carboxylic acids is 1. The molecule has 0 aliphatic heterocycles. The number of rotatable bonds is 7. The molecule has 0 heterocycles. The molecule has 0 aliphatic rings. The van der Waals surface area contributed by atoms with Crippen LogP contribution in [0.2, 0.25) is 10.0 Å². The second kappa shape index (κ2) is 9.66. The second-order valence-corrected chi connectivity index (χ2v) is 6.69. The highest BCUT2D eigenvalue weighted by Crippen LogP contribution is 2.33. The molecule has 1 amide bonds. The number of hydrogen-bond acceptors (Lipinski definition) is 5. The summed E-state index contributed by atoms with van der Waals surface area (Å²) in [5, 5.41) is 14.7. The van der Waals surface area contributed by atoms with Crippen LogP contribution >= 0.6 is 39.1 Å². The van der Waals surface area contributed by atoms with Gasteiger partial charge in [-0.1, -0.05) is 39.1 Å². The maximum absolute atomic E-state index is 11.8. The minimum absolute atomic E-state index is 0.0720. The second-order valence-electron chi connectivity index (χ2n) is 4.93. The van der Waals surface area contributed by atoms with E-state index in [0.717, 1.165) is 0 Å². The number of aromatic hydroxyl groups is 1. The number of hydrazone groups is 1. The maximum atomic E-state index is 11.8. The van der Waals surface area contributed by atoms with E-state index in [2.05, 4.69) is 26.5 Å². The molecule has 2 N–H and O–H groups in total. The lowest BCUT2D eigenvalue weighted by Gasteiger charge is -2.09. The first-order valence-electron chi connectivity index (χ1n) is 7.45. The van der Waals surface area contributed by atoms with Gasteiger partial charge in [-0.05, 0) is 37.3 Å². The highest BCUT2D eigenvalue weighted by molar-refractivity contribution is 9.10. The van der Waals surface area contributed by atoms with Crippen molar-refractivity contribution < 1.29 is 19.4 Å². The average Bonchev–Trinajstić information content (AvgIpc) is 2.58. The molecular formula is C17H15BrCl2N2O4. The Morgan fingerprint density at radius 2 is 2.04 bits per heavy atom. The Balaban J connectivity index is 1.94. The fourth-order valence-corrected chi connectivity index (χ4v) is 2.82. The standard InChI is InChI=1S/C17H15BrCl2N2O4/c1-2-25-15-6-11(18)5-10(17(15)24)8-21-22-16(23)9-26-14-4-3-12(19)7-13(14)20/h3-8,24H,2,9H2,1H3,(H,22,23). The van der Waals surface area contributed by atoms with Crippen LogP contribution in [0.1, 0.15) is 12.5 Å². The lowest BCUT2D eigenvalue weighted by atomic mass is 10.2. The van der Waals surface area contributed by atoms with Crippen LogP contribution in [-0.4, -0.2) is 30.4 Å². The molecule has 2 rings (SSSR count). The van der Waals surface area contributed by atoms with Crippen LogP contribution in [0.25, 0.3) is 0 Å². The summed E-state index contributed by atoms with van der Waals surface area (Å²) in [7, 11) is 0. The molecule has 0 saturated carbocycles. The molecule has 0 radical (unpaired) electrons. The number of phenolic OH excluding ortho intramolecular Hbond substituents is 1. The monoisotopic (exact) mass is 460 g/mol. The first kappa shape index (κ1) is 20.4. The van der Waals surface area contributed by atoms with Crippen molar-refractivity contribution in [1.82, 2.24) is 5.43 Å². The Labute approximate surface area is 168 Å². The number of ether oxygens (including phenoxy) is 2. The van der Waals surface area contributed by atoms with Crippen molar-refractivity contribution in [3.63, 3.8) is 0 Å². The third-order valence-corrected chi connectivity index (χ3v) is 4.00. The number of benzene rings is 2. The summed E-state index contributed by atoms with van der Waals surface area (Å²) in [5.41, 5.74) is 2.68. The average molecular weight is 462 g/mol. The summed E-state index contributed by atoms with van der Waals surface area (Å²) in [6, 6.07) is 7.96. The number of phenols is 1. The van der Waals surface area contributed by atoms with Crippen molar-refractivity contribution in [3.8, 4) is 17.2 Å². The normalized spacial score (nSPS) is 10.8. The van der Waals surface area contributed by atoms with Crippen molar-refractivity contribution in [2.75, 3.05) is 13.2 Å². The number of nitrogens with zero attached hydrogens (tertiary/aromatic N) is 1. The predicted molar refractivity (Wildman–Crippen MR) is 105 cm³/mol. The zero-order chi connectivity index (χ0) is 19.1. The van der Waals surface area contributed by atoms with E-state index in [1.54, 1.807) is 31.2 Å². The lowest BCUT2D eigenvalue weighted by Crippen LogP contribution is -2.24. The van der Waals surface area contributed by atoms with E-state index in [-0.39, 0.29) is 12.4 Å². The third-order valence-electron chi connectivity index (χ3n) is 3.01. The molecule has 2 aromatic carbocycles. The van der Waals surface area contributed by atoms with Crippen LogP contribution in [0.5, 0.6) is 17.2 Å². The molecule has 0 saturated heterocycles. The van der Waals surface area contributed by atoms with E-state index in [0.29, 0.717) is 38.2 Å². The highest BCUT2D eigenvalue weighted by atomic mass is 79.9. The molecule has 2 aromatic rings. The lowest BCUT2D eigenvalue weighted by molar-refractivity contribution is -0.123. The number of nitrogens with one attached hydrogen (secondary N) is 1. The number of halogens is 3. The molecule has 0 bridgehead atoms. The van der Waals surface area contributed by atoms with Gasteiger partial charge in [0.2, 0.25) is 0 Å². The van der Waals surface area contributed by atoms with Gasteiger partial charge in [-0.15, -0.1) is 0 Å². The fraction of sp³-hybridized carbons (Fsp3) is 0.176. The van der Waals surface area contributed by atoms with Gasteiger partial charge in [-0.25, -0.2) is 5.43 Å². The summed E-state index contributed by atoms with van der Waals surface area (Å²) >= 11 is 15.1. The van der Waals surface area contributed by atoms with Crippen LogP contribution in [0, 0.1) is 0 Å². The third kappa shape index (κ3) is 5.79. The minimum Gasteiger partial charge on any atom is -0.504 e. The summed E-state index contributed by atoms with van der Waals surface area (Å²) in [5.74, 6) is 0.0839. The Morgan fingerprint density at radius 1 is 1.27 bits per heavy atom. The van der Waals surface area contributed by atoms with Gasteiger partial charge in [-0.3, -0.25) is 4.79 Å². The predicted octanol–water partition coefficient (Wildman–Crippen LogP) is 4.39. The summed E-state index contributed by atoms with van der Waals surface area (Å²) < 4.78 is 11.3. The molecular weight excluding hydrogens is 447 g/mol. The van der Waals surface area contributed by atoms with Gasteiger partial charge in [0.25, 0.3) is 5.91 Å². The minimum atomic E-state index is -0.494. The van der Waals surface area contributed by atoms with Crippen molar-refractivity contribution in [2.24, 2.45) is 5.10 Å². The number of carbonyl (C=O) groups is 1. The van der Waals surface area contributed by atoms with Gasteiger partial charge in [-0.2, -0.15) is 5.10 Å². The van der Waals surface area contributed by atoms with Crippen LogP contribution in [0.4, 0.5) is 0 Å². The maximum Gasteiger partial charge on any atom is 0.277 e. The van der Waals surface area contributed by atoms with Gasteiger partial charge < -0.3 is 14.6 Å². The molecule has 0 spiro atoms. The zero-order valence-corrected chi connectivity index (χ0v) is 16.7. The summed E-state index contributed by atoms with van der Waals surface area (Å²) in [4.78, 5) is 11.8. The Morgan fingerprint density at radius 3 is 2.73 bits per heavy atom. The molecule has 6 nitrogen and oxygen atoms in total. The van der Waals surface area contributed by atoms with E-state index >= 15 is 0 Å². The van der Waals surface area contributed by atoms with Gasteiger partial charge in [0, 0.05) is 15.1 Å². The smallest absolute Gasteiger partial charge is 0.277 e. The molecule has 0 aromatic heterocycles. The van der Waals surface area contributed by atoms with E-state index in [1.807, 2.05) is 0 Å². The molecule has 0 aliphatic carbocycles. The Bertz CT molecular complexity index is 831. The number of hydrogen-bond donors (Lipinski definition) is 2. The van der Waals surface area contributed by atoms with Crippen molar-refractivity contribution in [2.45, 2.75) is 6.92 Å². The first-order chi connectivity index (χ1) is 12.4. The van der Waals surface area contributed by atoms with Crippen molar-refractivity contribution in [1.29, 1.82) is 0 Å². The highest BCUT2D eigenvalue weighted by Gasteiger charge is 2.09. The summed E-state index contributed by atoms with van der Waals surface area (Å²) in [6.45, 7) is 1.93. The van der Waals surface area contributed by atoms with Gasteiger partial charge in [0.05, 0.1) is 17.8 Å². The molecule has 26 heavy (non-hydrogen) atoms. The van der Waals surface area contributed by atoms with Gasteiger partial charge >= 0.3 is 0 Å². The largest absolute Gasteiger partial charge is 0.504 e. The van der Waals surface area contributed by atoms with Gasteiger partial charge in [0.15, 0.2) is 18.1 Å². The molecule has 0 unspecified atom stereocenters. The van der Waals surface area contributed by atoms with Crippen molar-refractivity contribution >= 4 is 51.3 Å². The van der Waals surface area contributed by atoms with E-state index in [1.165, 1.54) is 12.3 Å². The van der Waals surface area contributed by atoms with Crippen molar-refractivity contribution in [3.05, 3.63) is 50.4 Å². The Kier molecular flexibility index (Phi) is 7.56. The van der Waals surface area contributed by atoms with Crippen LogP contribution in [0.3, 0.4) is 0 Å². The molecule has 138 valence electrons.